The monoisotopic (exact) mass is 290 g/mol. The Morgan fingerprint density at radius 1 is 1.60 bits per heavy atom. The van der Waals surface area contributed by atoms with Crippen LogP contribution in [0.2, 0.25) is 0 Å². The molecule has 2 aromatic heterocycles. The lowest BCUT2D eigenvalue weighted by molar-refractivity contribution is -0.119. The van der Waals surface area contributed by atoms with E-state index in [1.54, 1.807) is 28.4 Å². The van der Waals surface area contributed by atoms with Gasteiger partial charge in [0.15, 0.2) is 5.13 Å². The number of nitrogens with one attached hydrogen (secondary N) is 1. The van der Waals surface area contributed by atoms with Gasteiger partial charge >= 0.3 is 0 Å². The summed E-state index contributed by atoms with van der Waals surface area (Å²) in [6, 6.07) is 1.48. The van der Waals surface area contributed by atoms with Gasteiger partial charge in [-0.3, -0.25) is 9.48 Å². The molecule has 2 heterocycles. The van der Waals surface area contributed by atoms with E-state index < -0.39 is 0 Å². The second-order valence-electron chi connectivity index (χ2n) is 5.39. The number of rotatable bonds is 3. The molecule has 0 radical (unpaired) electrons. The average Bonchev–Trinajstić information content (AvgIpc) is 3.05. The van der Waals surface area contributed by atoms with Crippen molar-refractivity contribution >= 4 is 22.4 Å². The fourth-order valence-electron chi connectivity index (χ4n) is 2.43. The van der Waals surface area contributed by atoms with Gasteiger partial charge in [0.1, 0.15) is 6.04 Å². The number of anilines is 1. The normalized spacial score (nSPS) is 19.4. The summed E-state index contributed by atoms with van der Waals surface area (Å²) in [6.07, 6.45) is 6.76. The van der Waals surface area contributed by atoms with Gasteiger partial charge in [0.2, 0.25) is 0 Å². The maximum absolute atomic E-state index is 12.2. The van der Waals surface area contributed by atoms with Gasteiger partial charge in [-0.1, -0.05) is 6.92 Å². The highest BCUT2D eigenvalue weighted by atomic mass is 32.1. The van der Waals surface area contributed by atoms with E-state index in [1.807, 2.05) is 13.0 Å². The highest BCUT2D eigenvalue weighted by Crippen LogP contribution is 2.32. The van der Waals surface area contributed by atoms with E-state index in [9.17, 15) is 4.79 Å². The molecular formula is C14H18N4OS. The van der Waals surface area contributed by atoms with Crippen molar-refractivity contribution < 1.29 is 4.79 Å². The third-order valence-corrected chi connectivity index (χ3v) is 4.75. The molecule has 1 aliphatic carbocycles. The van der Waals surface area contributed by atoms with E-state index in [1.165, 1.54) is 11.3 Å². The topological polar surface area (TPSA) is 59.8 Å². The number of thiazole rings is 1. The summed E-state index contributed by atoms with van der Waals surface area (Å²) >= 11 is 1.61. The van der Waals surface area contributed by atoms with Crippen molar-refractivity contribution in [2.24, 2.45) is 5.92 Å². The van der Waals surface area contributed by atoms with Crippen LogP contribution in [0, 0.1) is 5.92 Å². The average molecular weight is 290 g/mol. The van der Waals surface area contributed by atoms with Gasteiger partial charge in [0.25, 0.3) is 5.91 Å². The lowest BCUT2D eigenvalue weighted by Gasteiger charge is -2.15. The number of fused-ring (bicyclic) bond motifs is 1. The number of aryl methyl sites for hydroxylation is 1. The number of amides is 1. The van der Waals surface area contributed by atoms with Gasteiger partial charge in [-0.2, -0.15) is 5.10 Å². The van der Waals surface area contributed by atoms with E-state index in [0.717, 1.165) is 24.5 Å². The predicted octanol–water partition coefficient (Wildman–Crippen LogP) is 2.66. The molecule has 0 saturated carbocycles. The smallest absolute Gasteiger partial charge is 0.250 e. The zero-order valence-corrected chi connectivity index (χ0v) is 12.5. The molecule has 0 spiro atoms. The molecule has 5 nitrogen and oxygen atoms in total. The van der Waals surface area contributed by atoms with E-state index in [2.05, 4.69) is 22.3 Å². The Labute approximate surface area is 122 Å². The Bertz CT molecular complexity index is 605. The summed E-state index contributed by atoms with van der Waals surface area (Å²) < 4.78 is 1.64. The number of carbonyl (C=O) groups is 1. The molecule has 20 heavy (non-hydrogen) atoms. The Kier molecular flexibility index (Phi) is 3.56. The number of hydrogen-bond acceptors (Lipinski definition) is 4. The minimum Gasteiger partial charge on any atom is -0.300 e. The van der Waals surface area contributed by atoms with Crippen molar-refractivity contribution in [3.8, 4) is 0 Å². The Morgan fingerprint density at radius 2 is 2.45 bits per heavy atom. The van der Waals surface area contributed by atoms with E-state index in [0.29, 0.717) is 5.13 Å². The first-order valence-corrected chi connectivity index (χ1v) is 7.73. The van der Waals surface area contributed by atoms with E-state index in [-0.39, 0.29) is 11.9 Å². The van der Waals surface area contributed by atoms with Gasteiger partial charge < -0.3 is 5.32 Å². The second-order valence-corrected chi connectivity index (χ2v) is 6.47. The molecule has 0 aliphatic heterocycles. The van der Waals surface area contributed by atoms with Crippen LogP contribution < -0.4 is 5.32 Å². The molecular weight excluding hydrogens is 272 g/mol. The molecule has 0 aromatic carbocycles. The molecule has 0 fully saturated rings. The number of carbonyl (C=O) groups excluding carboxylic acids is 1. The van der Waals surface area contributed by atoms with Crippen molar-refractivity contribution in [1.82, 2.24) is 14.8 Å². The summed E-state index contributed by atoms with van der Waals surface area (Å²) in [5.74, 6) is 0.641. The van der Waals surface area contributed by atoms with Crippen LogP contribution in [0.4, 0.5) is 5.13 Å². The summed E-state index contributed by atoms with van der Waals surface area (Å²) in [4.78, 5) is 18.1. The second kappa shape index (κ2) is 5.36. The van der Waals surface area contributed by atoms with Crippen LogP contribution >= 0.6 is 11.3 Å². The van der Waals surface area contributed by atoms with Gasteiger partial charge in [0, 0.05) is 17.3 Å². The maximum atomic E-state index is 12.2. The number of aromatic nitrogens is 3. The predicted molar refractivity (Wildman–Crippen MR) is 78.9 cm³/mol. The first kappa shape index (κ1) is 13.3. The van der Waals surface area contributed by atoms with Crippen molar-refractivity contribution in [1.29, 1.82) is 0 Å². The minimum absolute atomic E-state index is 0.0761. The lowest BCUT2D eigenvalue weighted by atomic mass is 9.93. The van der Waals surface area contributed by atoms with Gasteiger partial charge in [-0.25, -0.2) is 4.98 Å². The minimum atomic E-state index is -0.329. The fraction of sp³-hybridized carbons (Fsp3) is 0.500. The van der Waals surface area contributed by atoms with Crippen LogP contribution in [0.3, 0.4) is 0 Å². The van der Waals surface area contributed by atoms with Crippen LogP contribution in [0.1, 0.15) is 36.9 Å². The SMILES string of the molecule is C[C@H]1CCc2nc(NC(=O)[C@H](C)n3cccn3)sc2C1. The Hall–Kier alpha value is -1.69. The van der Waals surface area contributed by atoms with Crippen LogP contribution in [-0.2, 0) is 17.6 Å². The van der Waals surface area contributed by atoms with Crippen molar-refractivity contribution in [2.75, 3.05) is 5.32 Å². The number of hydrogen-bond donors (Lipinski definition) is 1. The third kappa shape index (κ3) is 2.60. The summed E-state index contributed by atoms with van der Waals surface area (Å²) in [6.45, 7) is 4.10. The van der Waals surface area contributed by atoms with Gasteiger partial charge in [-0.15, -0.1) is 11.3 Å². The third-order valence-electron chi connectivity index (χ3n) is 3.72. The molecule has 3 rings (SSSR count). The molecule has 1 N–H and O–H groups in total. The molecule has 1 amide bonds. The molecule has 2 atom stereocenters. The fourth-order valence-corrected chi connectivity index (χ4v) is 3.61. The Balaban J connectivity index is 1.70. The zero-order valence-electron chi connectivity index (χ0n) is 11.7. The van der Waals surface area contributed by atoms with E-state index in [4.69, 9.17) is 0 Å². The molecule has 0 bridgehead atoms. The highest BCUT2D eigenvalue weighted by Gasteiger charge is 2.22. The van der Waals surface area contributed by atoms with Crippen molar-refractivity contribution in [2.45, 2.75) is 39.2 Å². The quantitative estimate of drug-likeness (QED) is 0.945. The van der Waals surface area contributed by atoms with Crippen LogP contribution in [0.15, 0.2) is 18.5 Å². The molecule has 2 aromatic rings. The molecule has 0 saturated heterocycles. The standard InChI is InChI=1S/C14H18N4OS/c1-9-4-5-11-12(8-9)20-14(16-11)17-13(19)10(2)18-7-3-6-15-18/h3,6-7,9-10H,4-5,8H2,1-2H3,(H,16,17,19)/t9-,10-/m0/s1. The first-order valence-electron chi connectivity index (χ1n) is 6.92. The zero-order chi connectivity index (χ0) is 14.1. The van der Waals surface area contributed by atoms with Crippen LogP contribution in [0.25, 0.3) is 0 Å². The summed E-state index contributed by atoms with van der Waals surface area (Å²) in [5, 5.41) is 7.72. The van der Waals surface area contributed by atoms with E-state index >= 15 is 0 Å². The molecule has 1 aliphatic rings. The van der Waals surface area contributed by atoms with Crippen LogP contribution in [0.5, 0.6) is 0 Å². The van der Waals surface area contributed by atoms with Gasteiger partial charge in [-0.05, 0) is 38.2 Å². The lowest BCUT2D eigenvalue weighted by Crippen LogP contribution is -2.23. The molecule has 0 unspecified atom stereocenters. The van der Waals surface area contributed by atoms with Crippen molar-refractivity contribution in [3.05, 3.63) is 29.0 Å². The summed E-state index contributed by atoms with van der Waals surface area (Å²) in [7, 11) is 0. The van der Waals surface area contributed by atoms with Crippen LogP contribution in [-0.4, -0.2) is 20.7 Å². The largest absolute Gasteiger partial charge is 0.300 e. The van der Waals surface area contributed by atoms with Gasteiger partial charge in [0.05, 0.1) is 5.69 Å². The maximum Gasteiger partial charge on any atom is 0.250 e. The molecule has 106 valence electrons. The Morgan fingerprint density at radius 3 is 3.20 bits per heavy atom. The highest BCUT2D eigenvalue weighted by molar-refractivity contribution is 7.15. The first-order chi connectivity index (χ1) is 9.63. The summed E-state index contributed by atoms with van der Waals surface area (Å²) in [5.41, 5.74) is 1.16. The van der Waals surface area contributed by atoms with Crippen molar-refractivity contribution in [3.63, 3.8) is 0 Å². The number of nitrogens with zero attached hydrogens (tertiary/aromatic N) is 3. The molecule has 6 heteroatoms.